The van der Waals surface area contributed by atoms with E-state index in [1.165, 1.54) is 0 Å². The summed E-state index contributed by atoms with van der Waals surface area (Å²) < 4.78 is 0. The Morgan fingerprint density at radius 3 is 2.56 bits per heavy atom. The number of aliphatic hydroxyl groups is 1. The van der Waals surface area contributed by atoms with Gasteiger partial charge in [-0.1, -0.05) is 12.1 Å². The van der Waals surface area contributed by atoms with Crippen LogP contribution in [0.5, 0.6) is 0 Å². The van der Waals surface area contributed by atoms with Crippen molar-refractivity contribution in [3.63, 3.8) is 0 Å². The average molecular weight is 221 g/mol. The number of hydrogen-bond acceptors (Lipinski definition) is 3. The van der Waals surface area contributed by atoms with Crippen LogP contribution in [0.2, 0.25) is 0 Å². The Kier molecular flexibility index (Phi) is 3.22. The van der Waals surface area contributed by atoms with Crippen molar-refractivity contribution in [2.45, 2.75) is 19.1 Å². The fraction of sp³-hybridized carbons (Fsp3) is 0.417. The van der Waals surface area contributed by atoms with Crippen LogP contribution in [0.4, 0.5) is 0 Å². The number of carboxylic acids is 1. The Balaban J connectivity index is 1.97. The van der Waals surface area contributed by atoms with Crippen molar-refractivity contribution in [1.82, 2.24) is 4.90 Å². The number of aliphatic hydroxyl groups excluding tert-OH is 1. The highest BCUT2D eigenvalue weighted by molar-refractivity contribution is 5.87. The minimum Gasteiger partial charge on any atom is -0.478 e. The van der Waals surface area contributed by atoms with Gasteiger partial charge in [0.05, 0.1) is 11.7 Å². The summed E-state index contributed by atoms with van der Waals surface area (Å²) in [6.45, 7) is 2.39. The zero-order valence-corrected chi connectivity index (χ0v) is 8.97. The zero-order chi connectivity index (χ0) is 11.5. The monoisotopic (exact) mass is 221 g/mol. The summed E-state index contributed by atoms with van der Waals surface area (Å²) in [6, 6.07) is 6.89. The lowest BCUT2D eigenvalue weighted by molar-refractivity contribution is 0.0697. The van der Waals surface area contributed by atoms with Crippen LogP contribution in [0.3, 0.4) is 0 Å². The van der Waals surface area contributed by atoms with E-state index in [1.807, 2.05) is 12.1 Å². The lowest BCUT2D eigenvalue weighted by Crippen LogP contribution is -2.21. The van der Waals surface area contributed by atoms with Crippen LogP contribution in [-0.4, -0.2) is 40.3 Å². The topological polar surface area (TPSA) is 60.8 Å². The number of rotatable bonds is 3. The van der Waals surface area contributed by atoms with Crippen molar-refractivity contribution < 1.29 is 15.0 Å². The van der Waals surface area contributed by atoms with Gasteiger partial charge in [0, 0.05) is 19.6 Å². The number of hydrogen-bond donors (Lipinski definition) is 2. The minimum atomic E-state index is -0.900. The maximum absolute atomic E-state index is 10.7. The molecule has 1 fully saturated rings. The summed E-state index contributed by atoms with van der Waals surface area (Å²) in [5.41, 5.74) is 1.39. The molecule has 1 atom stereocenters. The second-order valence-electron chi connectivity index (χ2n) is 4.18. The van der Waals surface area contributed by atoms with Gasteiger partial charge in [0.2, 0.25) is 0 Å². The molecule has 0 aliphatic carbocycles. The standard InChI is InChI=1S/C12H15NO3/c14-11-5-6-13(8-11)7-9-1-3-10(4-2-9)12(15)16/h1-4,11,14H,5-8H2,(H,15,16)/t11-/m0/s1. The molecule has 1 aliphatic rings. The molecule has 86 valence electrons. The van der Waals surface area contributed by atoms with E-state index in [0.29, 0.717) is 12.1 Å². The number of carboxylic acid groups (broad SMARTS) is 1. The van der Waals surface area contributed by atoms with Crippen molar-refractivity contribution in [2.75, 3.05) is 13.1 Å². The lowest BCUT2D eigenvalue weighted by atomic mass is 10.1. The molecule has 2 rings (SSSR count). The molecule has 1 aromatic rings. The highest BCUT2D eigenvalue weighted by atomic mass is 16.4. The number of β-amino-alcohol motifs (C(OH)–C–C–N with tert-alkyl or cyclic N) is 1. The van der Waals surface area contributed by atoms with Crippen molar-refractivity contribution in [1.29, 1.82) is 0 Å². The fourth-order valence-corrected chi connectivity index (χ4v) is 1.97. The molecule has 16 heavy (non-hydrogen) atoms. The number of carbonyl (C=O) groups is 1. The second-order valence-corrected chi connectivity index (χ2v) is 4.18. The Hall–Kier alpha value is -1.39. The Bertz CT molecular complexity index is 374. The van der Waals surface area contributed by atoms with Gasteiger partial charge in [0.15, 0.2) is 0 Å². The maximum Gasteiger partial charge on any atom is 0.335 e. The molecule has 1 aliphatic heterocycles. The van der Waals surface area contributed by atoms with E-state index in [-0.39, 0.29) is 6.10 Å². The predicted molar refractivity (Wildman–Crippen MR) is 59.3 cm³/mol. The van der Waals surface area contributed by atoms with Crippen LogP contribution in [0.1, 0.15) is 22.3 Å². The Morgan fingerprint density at radius 2 is 2.06 bits per heavy atom. The third-order valence-electron chi connectivity index (χ3n) is 2.85. The minimum absolute atomic E-state index is 0.210. The molecule has 1 saturated heterocycles. The summed E-state index contributed by atoms with van der Waals surface area (Å²) >= 11 is 0. The highest BCUT2D eigenvalue weighted by Gasteiger charge is 2.19. The van der Waals surface area contributed by atoms with Crippen molar-refractivity contribution in [2.24, 2.45) is 0 Å². The first-order valence-electron chi connectivity index (χ1n) is 5.38. The van der Waals surface area contributed by atoms with E-state index in [0.717, 1.165) is 25.1 Å². The van der Waals surface area contributed by atoms with Crippen molar-refractivity contribution in [3.8, 4) is 0 Å². The molecule has 0 bridgehead atoms. The highest BCUT2D eigenvalue weighted by Crippen LogP contribution is 2.13. The maximum atomic E-state index is 10.7. The van der Waals surface area contributed by atoms with Crippen molar-refractivity contribution in [3.05, 3.63) is 35.4 Å². The van der Waals surface area contributed by atoms with E-state index in [2.05, 4.69) is 4.90 Å². The van der Waals surface area contributed by atoms with E-state index >= 15 is 0 Å². The molecule has 0 spiro atoms. The Morgan fingerprint density at radius 1 is 1.38 bits per heavy atom. The van der Waals surface area contributed by atoms with Gasteiger partial charge in [-0.3, -0.25) is 4.90 Å². The number of benzene rings is 1. The van der Waals surface area contributed by atoms with Gasteiger partial charge >= 0.3 is 5.97 Å². The largest absolute Gasteiger partial charge is 0.478 e. The molecule has 0 saturated carbocycles. The van der Waals surface area contributed by atoms with Gasteiger partial charge < -0.3 is 10.2 Å². The van der Waals surface area contributed by atoms with Gasteiger partial charge in [-0.15, -0.1) is 0 Å². The molecule has 2 N–H and O–H groups in total. The number of aromatic carboxylic acids is 1. The van der Waals surface area contributed by atoms with Gasteiger partial charge in [0.25, 0.3) is 0 Å². The molecule has 0 amide bonds. The van der Waals surface area contributed by atoms with Gasteiger partial charge in [0.1, 0.15) is 0 Å². The average Bonchev–Trinajstić information content (AvgIpc) is 2.65. The quantitative estimate of drug-likeness (QED) is 0.797. The molecule has 4 heteroatoms. The number of likely N-dealkylation sites (tertiary alicyclic amines) is 1. The molecule has 4 nitrogen and oxygen atoms in total. The Labute approximate surface area is 94.1 Å². The van der Waals surface area contributed by atoms with Crippen LogP contribution in [0.15, 0.2) is 24.3 Å². The fourth-order valence-electron chi connectivity index (χ4n) is 1.97. The summed E-state index contributed by atoms with van der Waals surface area (Å²) in [6.07, 6.45) is 0.617. The van der Waals surface area contributed by atoms with E-state index in [1.54, 1.807) is 12.1 Å². The van der Waals surface area contributed by atoms with Gasteiger partial charge in [-0.2, -0.15) is 0 Å². The molecule has 0 radical (unpaired) electrons. The van der Waals surface area contributed by atoms with Crippen LogP contribution in [-0.2, 0) is 6.54 Å². The molecular formula is C12H15NO3. The molecule has 1 aromatic carbocycles. The van der Waals surface area contributed by atoms with E-state index in [9.17, 15) is 9.90 Å². The molecule has 0 unspecified atom stereocenters. The summed E-state index contributed by atoms with van der Waals surface area (Å²) in [7, 11) is 0. The molecule has 0 aromatic heterocycles. The second kappa shape index (κ2) is 4.63. The summed E-state index contributed by atoms with van der Waals surface area (Å²) in [4.78, 5) is 12.8. The zero-order valence-electron chi connectivity index (χ0n) is 8.97. The van der Waals surface area contributed by atoms with Crippen LogP contribution in [0.25, 0.3) is 0 Å². The summed E-state index contributed by atoms with van der Waals surface area (Å²) in [5, 5.41) is 18.1. The number of nitrogens with zero attached hydrogens (tertiary/aromatic N) is 1. The third kappa shape index (κ3) is 2.59. The predicted octanol–water partition coefficient (Wildman–Crippen LogP) is 0.951. The van der Waals surface area contributed by atoms with Crippen LogP contribution < -0.4 is 0 Å². The summed E-state index contributed by atoms with van der Waals surface area (Å²) in [5.74, 6) is -0.900. The first-order chi connectivity index (χ1) is 7.65. The smallest absolute Gasteiger partial charge is 0.335 e. The normalized spacial score (nSPS) is 21.2. The molecule has 1 heterocycles. The van der Waals surface area contributed by atoms with Crippen molar-refractivity contribution >= 4 is 5.97 Å². The SMILES string of the molecule is O=C(O)c1ccc(CN2CC[C@H](O)C2)cc1. The van der Waals surface area contributed by atoms with E-state index < -0.39 is 5.97 Å². The first kappa shape index (κ1) is 11.1. The third-order valence-corrected chi connectivity index (χ3v) is 2.85. The van der Waals surface area contributed by atoms with Gasteiger partial charge in [-0.25, -0.2) is 4.79 Å². The van der Waals surface area contributed by atoms with E-state index in [4.69, 9.17) is 5.11 Å². The first-order valence-corrected chi connectivity index (χ1v) is 5.38. The van der Waals surface area contributed by atoms with Crippen LogP contribution >= 0.6 is 0 Å². The molecular weight excluding hydrogens is 206 g/mol. The van der Waals surface area contributed by atoms with Crippen LogP contribution in [0, 0.1) is 0 Å². The lowest BCUT2D eigenvalue weighted by Gasteiger charge is -2.14. The van der Waals surface area contributed by atoms with Gasteiger partial charge in [-0.05, 0) is 24.1 Å².